The van der Waals surface area contributed by atoms with E-state index in [0.29, 0.717) is 5.92 Å². The summed E-state index contributed by atoms with van der Waals surface area (Å²) in [5, 5.41) is 13.3. The predicted molar refractivity (Wildman–Crippen MR) is 81.9 cm³/mol. The minimum Gasteiger partial charge on any atom is -0.394 e. The molecule has 0 radical (unpaired) electrons. The monoisotopic (exact) mass is 281 g/mol. The number of aliphatic hydroxyl groups excluding tert-OH is 1. The van der Waals surface area contributed by atoms with Gasteiger partial charge >= 0.3 is 0 Å². The van der Waals surface area contributed by atoms with Crippen LogP contribution in [0.5, 0.6) is 0 Å². The van der Waals surface area contributed by atoms with E-state index in [1.807, 2.05) is 7.05 Å². The van der Waals surface area contributed by atoms with Crippen molar-refractivity contribution in [2.24, 2.45) is 5.92 Å². The number of aliphatic hydroxyl groups is 1. The molecule has 1 heterocycles. The molecule has 20 heavy (non-hydrogen) atoms. The Kier molecular flexibility index (Phi) is 4.65. The van der Waals surface area contributed by atoms with E-state index in [0.717, 1.165) is 12.6 Å². The van der Waals surface area contributed by atoms with Crippen molar-refractivity contribution in [3.63, 3.8) is 0 Å². The van der Waals surface area contributed by atoms with Crippen LogP contribution < -0.4 is 5.32 Å². The van der Waals surface area contributed by atoms with Gasteiger partial charge < -0.3 is 10.4 Å². The number of hydrogen-bond donors (Lipinski definition) is 2. The van der Waals surface area contributed by atoms with E-state index in [-0.39, 0.29) is 12.1 Å². The fourth-order valence-corrected chi connectivity index (χ4v) is 4.26. The molecule has 2 saturated carbocycles. The van der Waals surface area contributed by atoms with E-state index in [9.17, 15) is 5.11 Å². The first-order valence-electron chi connectivity index (χ1n) is 8.53. The van der Waals surface area contributed by atoms with E-state index in [1.165, 1.54) is 64.7 Å². The Balaban J connectivity index is 1.50. The largest absolute Gasteiger partial charge is 0.394 e. The predicted octanol–water partition coefficient (Wildman–Crippen LogP) is 0.907. The first-order valence-corrected chi connectivity index (χ1v) is 8.53. The number of hydrogen-bond acceptors (Lipinski definition) is 4. The van der Waals surface area contributed by atoms with Crippen LogP contribution in [0.15, 0.2) is 0 Å². The van der Waals surface area contributed by atoms with Gasteiger partial charge in [0.15, 0.2) is 0 Å². The second kappa shape index (κ2) is 6.30. The standard InChI is InChI=1S/C16H31N3O/c1-17-16(13-20,14-6-7-14)12-18-8-10-19(11-9-18)15-4-2-3-5-15/h14-15,17,20H,2-13H2,1H3. The average molecular weight is 281 g/mol. The Labute approximate surface area is 123 Å². The molecule has 1 atom stereocenters. The van der Waals surface area contributed by atoms with Crippen LogP contribution in [0.1, 0.15) is 38.5 Å². The number of rotatable bonds is 6. The number of piperazine rings is 1. The van der Waals surface area contributed by atoms with Crippen LogP contribution in [0, 0.1) is 5.92 Å². The number of nitrogens with one attached hydrogen (secondary N) is 1. The van der Waals surface area contributed by atoms with Crippen LogP contribution in [0.2, 0.25) is 0 Å². The molecule has 0 amide bonds. The van der Waals surface area contributed by atoms with Crippen LogP contribution >= 0.6 is 0 Å². The highest BCUT2D eigenvalue weighted by molar-refractivity contribution is 5.02. The Morgan fingerprint density at radius 2 is 1.70 bits per heavy atom. The molecule has 3 aliphatic rings. The molecule has 1 unspecified atom stereocenters. The lowest BCUT2D eigenvalue weighted by Gasteiger charge is -2.43. The van der Waals surface area contributed by atoms with Gasteiger partial charge in [0, 0.05) is 38.8 Å². The maximum absolute atomic E-state index is 9.84. The summed E-state index contributed by atoms with van der Waals surface area (Å²) in [4.78, 5) is 5.27. The van der Waals surface area contributed by atoms with Crippen molar-refractivity contribution in [2.75, 3.05) is 46.4 Å². The molecule has 0 aromatic carbocycles. The Hall–Kier alpha value is -0.160. The molecule has 2 aliphatic carbocycles. The van der Waals surface area contributed by atoms with Crippen molar-refractivity contribution in [3.05, 3.63) is 0 Å². The second-order valence-corrected chi connectivity index (χ2v) is 7.09. The third-order valence-corrected chi connectivity index (χ3v) is 5.89. The van der Waals surface area contributed by atoms with E-state index in [4.69, 9.17) is 0 Å². The number of nitrogens with zero attached hydrogens (tertiary/aromatic N) is 2. The molecular weight excluding hydrogens is 250 g/mol. The van der Waals surface area contributed by atoms with Gasteiger partial charge in [0.25, 0.3) is 0 Å². The zero-order valence-corrected chi connectivity index (χ0v) is 13.0. The van der Waals surface area contributed by atoms with Crippen LogP contribution in [0.3, 0.4) is 0 Å². The van der Waals surface area contributed by atoms with Gasteiger partial charge in [-0.15, -0.1) is 0 Å². The maximum Gasteiger partial charge on any atom is 0.0628 e. The summed E-state index contributed by atoms with van der Waals surface area (Å²) < 4.78 is 0. The van der Waals surface area contributed by atoms with Crippen molar-refractivity contribution in [1.29, 1.82) is 0 Å². The summed E-state index contributed by atoms with van der Waals surface area (Å²) in [5.74, 6) is 0.686. The lowest BCUT2D eigenvalue weighted by molar-refractivity contribution is 0.0508. The van der Waals surface area contributed by atoms with Crippen molar-refractivity contribution in [1.82, 2.24) is 15.1 Å². The summed E-state index contributed by atoms with van der Waals surface area (Å²) >= 11 is 0. The van der Waals surface area contributed by atoms with Crippen LogP contribution in [-0.2, 0) is 0 Å². The van der Waals surface area contributed by atoms with E-state index < -0.39 is 0 Å². The molecule has 3 rings (SSSR count). The average Bonchev–Trinajstić information content (AvgIpc) is 3.21. The molecule has 0 spiro atoms. The highest BCUT2D eigenvalue weighted by Gasteiger charge is 2.45. The van der Waals surface area contributed by atoms with Crippen LogP contribution in [0.4, 0.5) is 0 Å². The third kappa shape index (κ3) is 3.03. The van der Waals surface area contributed by atoms with Gasteiger partial charge in [-0.05, 0) is 38.6 Å². The van der Waals surface area contributed by atoms with Crippen molar-refractivity contribution in [2.45, 2.75) is 50.1 Å². The first kappa shape index (κ1) is 14.8. The number of likely N-dealkylation sites (N-methyl/N-ethyl adjacent to an activating group) is 1. The van der Waals surface area contributed by atoms with Gasteiger partial charge in [-0.3, -0.25) is 9.80 Å². The lowest BCUT2D eigenvalue weighted by Crippen LogP contribution is -2.60. The van der Waals surface area contributed by atoms with Crippen molar-refractivity contribution < 1.29 is 5.11 Å². The van der Waals surface area contributed by atoms with Gasteiger partial charge in [0.05, 0.1) is 12.1 Å². The van der Waals surface area contributed by atoms with Crippen LogP contribution in [-0.4, -0.2) is 72.9 Å². The van der Waals surface area contributed by atoms with E-state index in [2.05, 4.69) is 15.1 Å². The molecule has 116 valence electrons. The Bertz CT molecular complexity index is 301. The molecule has 4 nitrogen and oxygen atoms in total. The van der Waals surface area contributed by atoms with Gasteiger partial charge in [-0.1, -0.05) is 12.8 Å². The fraction of sp³-hybridized carbons (Fsp3) is 1.00. The summed E-state index contributed by atoms with van der Waals surface area (Å²) in [6, 6.07) is 0.868. The van der Waals surface area contributed by atoms with Gasteiger partial charge in [-0.25, -0.2) is 0 Å². The molecule has 1 saturated heterocycles. The fourth-order valence-electron chi connectivity index (χ4n) is 4.26. The minimum absolute atomic E-state index is 0.0461. The molecule has 3 fully saturated rings. The van der Waals surface area contributed by atoms with Gasteiger partial charge in [-0.2, -0.15) is 0 Å². The molecule has 2 N–H and O–H groups in total. The normalized spacial score (nSPS) is 29.7. The van der Waals surface area contributed by atoms with E-state index >= 15 is 0 Å². The maximum atomic E-state index is 9.84. The Morgan fingerprint density at radius 1 is 1.05 bits per heavy atom. The topological polar surface area (TPSA) is 38.7 Å². The quantitative estimate of drug-likeness (QED) is 0.759. The SMILES string of the molecule is CNC(CO)(CN1CCN(C2CCCC2)CC1)C1CC1. The zero-order valence-electron chi connectivity index (χ0n) is 13.0. The van der Waals surface area contributed by atoms with Gasteiger partial charge in [0.2, 0.25) is 0 Å². The summed E-state index contributed by atoms with van der Waals surface area (Å²) in [5.41, 5.74) is -0.0461. The Morgan fingerprint density at radius 3 is 2.20 bits per heavy atom. The molecule has 0 bridgehead atoms. The summed E-state index contributed by atoms with van der Waals surface area (Å²) in [6.45, 7) is 6.08. The highest BCUT2D eigenvalue weighted by Crippen LogP contribution is 2.40. The van der Waals surface area contributed by atoms with Gasteiger partial charge in [0.1, 0.15) is 0 Å². The van der Waals surface area contributed by atoms with Crippen LogP contribution in [0.25, 0.3) is 0 Å². The molecular formula is C16H31N3O. The molecule has 4 heteroatoms. The van der Waals surface area contributed by atoms with E-state index in [1.54, 1.807) is 0 Å². The minimum atomic E-state index is -0.0461. The summed E-state index contributed by atoms with van der Waals surface area (Å²) in [7, 11) is 2.02. The first-order chi connectivity index (χ1) is 9.77. The van der Waals surface area contributed by atoms with Crippen molar-refractivity contribution >= 4 is 0 Å². The second-order valence-electron chi connectivity index (χ2n) is 7.09. The lowest BCUT2D eigenvalue weighted by atomic mass is 9.93. The molecule has 1 aliphatic heterocycles. The third-order valence-electron chi connectivity index (χ3n) is 5.89. The molecule has 0 aromatic rings. The van der Waals surface area contributed by atoms with Crippen molar-refractivity contribution in [3.8, 4) is 0 Å². The summed E-state index contributed by atoms with van der Waals surface area (Å²) in [6.07, 6.45) is 8.26. The zero-order chi connectivity index (χ0) is 14.0. The smallest absolute Gasteiger partial charge is 0.0628 e. The molecule has 0 aromatic heterocycles. The highest BCUT2D eigenvalue weighted by atomic mass is 16.3.